The van der Waals surface area contributed by atoms with Gasteiger partial charge in [-0.1, -0.05) is 5.11 Å². The fourth-order valence-electron chi connectivity index (χ4n) is 3.07. The number of ether oxygens (including phenoxy) is 3. The van der Waals surface area contributed by atoms with Crippen molar-refractivity contribution in [3.8, 4) is 0 Å². The zero-order chi connectivity index (χ0) is 28.7. The average Bonchev–Trinajstić information content (AvgIpc) is 3.20. The molecule has 0 saturated carbocycles. The molecule has 0 aliphatic carbocycles. The maximum atomic E-state index is 12.7. The first-order valence-corrected chi connectivity index (χ1v) is 13.3. The van der Waals surface area contributed by atoms with E-state index in [1.807, 2.05) is 0 Å². The van der Waals surface area contributed by atoms with Gasteiger partial charge in [0, 0.05) is 24.1 Å². The summed E-state index contributed by atoms with van der Waals surface area (Å²) in [5, 5.41) is 3.59. The van der Waals surface area contributed by atoms with E-state index in [2.05, 4.69) is 25.0 Å². The third-order valence-electron chi connectivity index (χ3n) is 4.50. The van der Waals surface area contributed by atoms with Gasteiger partial charge in [-0.3, -0.25) is 9.09 Å². The molecule has 2 heterocycles. The lowest BCUT2D eigenvalue weighted by molar-refractivity contribution is -0.179. The molecule has 0 fully saturated rings. The van der Waals surface area contributed by atoms with Crippen molar-refractivity contribution in [2.45, 2.75) is 71.3 Å². The van der Waals surface area contributed by atoms with Gasteiger partial charge in [0.15, 0.2) is 11.5 Å². The highest BCUT2D eigenvalue weighted by atomic mass is 31.2. The number of esters is 2. The van der Waals surface area contributed by atoms with Gasteiger partial charge in [-0.25, -0.2) is 24.5 Å². The van der Waals surface area contributed by atoms with E-state index in [9.17, 15) is 19.0 Å². The molecule has 0 bridgehead atoms. The molecule has 2 atom stereocenters. The van der Waals surface area contributed by atoms with E-state index < -0.39 is 49.2 Å². The predicted octanol–water partition coefficient (Wildman–Crippen LogP) is 2.88. The second-order valence-corrected chi connectivity index (χ2v) is 11.9. The van der Waals surface area contributed by atoms with Crippen LogP contribution in [0.25, 0.3) is 21.6 Å². The van der Waals surface area contributed by atoms with E-state index >= 15 is 0 Å². The SMILES string of the molecule is CC(C)(C)OC(=O)C(OP(=O)(O)COCCC(CN=[N+]=[N-])n1cnc2c(N)ncnc21)C(=O)OC(C)(C)C. The van der Waals surface area contributed by atoms with Crippen molar-refractivity contribution in [1.29, 1.82) is 0 Å². The van der Waals surface area contributed by atoms with Crippen LogP contribution in [0.3, 0.4) is 0 Å². The average molecular weight is 557 g/mol. The standard InChI is InChI=1S/C21H33N8O8P/c1-20(2,3)35-18(30)15(19(31)36-21(4,5)6)37-38(32,33)12-34-8-7-13(9-27-28-23)29-11-26-14-16(22)24-10-25-17(14)29/h10-11,13,15H,7-9,12H2,1-6H3,(H,32,33)(H2,22,24,25). The highest BCUT2D eigenvalue weighted by molar-refractivity contribution is 7.52. The first-order chi connectivity index (χ1) is 17.5. The highest BCUT2D eigenvalue weighted by Crippen LogP contribution is 2.44. The van der Waals surface area contributed by atoms with Crippen LogP contribution in [0.5, 0.6) is 0 Å². The predicted molar refractivity (Wildman–Crippen MR) is 135 cm³/mol. The summed E-state index contributed by atoms with van der Waals surface area (Å²) in [6, 6.07) is -0.486. The highest BCUT2D eigenvalue weighted by Gasteiger charge is 2.41. The zero-order valence-corrected chi connectivity index (χ0v) is 23.0. The van der Waals surface area contributed by atoms with Crippen molar-refractivity contribution < 1.29 is 37.8 Å². The number of hydrogen-bond donors (Lipinski definition) is 2. The number of imidazole rings is 1. The minimum Gasteiger partial charge on any atom is -0.458 e. The van der Waals surface area contributed by atoms with Crippen LogP contribution in [0.4, 0.5) is 5.82 Å². The van der Waals surface area contributed by atoms with Gasteiger partial charge in [0.25, 0.3) is 6.10 Å². The number of anilines is 1. The molecular formula is C21H33N8O8P. The third kappa shape index (κ3) is 9.54. The van der Waals surface area contributed by atoms with Crippen molar-refractivity contribution in [3.05, 3.63) is 23.1 Å². The number of azide groups is 1. The van der Waals surface area contributed by atoms with Crippen LogP contribution in [0.1, 0.15) is 54.0 Å². The Bertz CT molecular complexity index is 1200. The van der Waals surface area contributed by atoms with Crippen LogP contribution in [0, 0.1) is 0 Å². The van der Waals surface area contributed by atoms with E-state index in [0.717, 1.165) is 0 Å². The van der Waals surface area contributed by atoms with Crippen molar-refractivity contribution >= 4 is 36.5 Å². The van der Waals surface area contributed by atoms with Crippen LogP contribution in [-0.4, -0.2) is 73.2 Å². The Hall–Kier alpha value is -3.29. The number of aromatic nitrogens is 4. The van der Waals surface area contributed by atoms with Crippen LogP contribution in [0.15, 0.2) is 17.8 Å². The van der Waals surface area contributed by atoms with Gasteiger partial charge in [0.05, 0.1) is 6.33 Å². The molecule has 2 rings (SSSR count). The van der Waals surface area contributed by atoms with Crippen LogP contribution < -0.4 is 5.73 Å². The first-order valence-electron chi connectivity index (χ1n) is 11.5. The van der Waals surface area contributed by atoms with Gasteiger partial charge in [-0.15, -0.1) is 0 Å². The number of nitrogens with two attached hydrogens (primary N) is 1. The summed E-state index contributed by atoms with van der Waals surface area (Å²) in [5.74, 6) is -2.18. The smallest absolute Gasteiger partial charge is 0.354 e. The Morgan fingerprint density at radius 3 is 2.32 bits per heavy atom. The minimum absolute atomic E-state index is 0.00186. The molecule has 0 aromatic carbocycles. The van der Waals surface area contributed by atoms with Crippen molar-refractivity contribution in [3.63, 3.8) is 0 Å². The molecule has 0 aliphatic rings. The Kier molecular flexibility index (Phi) is 10.2. The summed E-state index contributed by atoms with van der Waals surface area (Å²) in [4.78, 5) is 50.4. The fourth-order valence-corrected chi connectivity index (χ4v) is 4.00. The number of nitrogen functional groups attached to an aromatic ring is 1. The molecule has 210 valence electrons. The summed E-state index contributed by atoms with van der Waals surface area (Å²) >= 11 is 0. The Morgan fingerprint density at radius 1 is 1.16 bits per heavy atom. The zero-order valence-electron chi connectivity index (χ0n) is 22.1. The molecule has 38 heavy (non-hydrogen) atoms. The largest absolute Gasteiger partial charge is 0.458 e. The minimum atomic E-state index is -4.64. The number of nitrogens with zero attached hydrogens (tertiary/aromatic N) is 7. The summed E-state index contributed by atoms with van der Waals surface area (Å²) in [7, 11) is -4.64. The molecule has 0 amide bonds. The molecule has 3 N–H and O–H groups in total. The quantitative estimate of drug-likeness (QED) is 0.0731. The number of carbonyl (C=O) groups excluding carboxylic acids is 2. The lowest BCUT2D eigenvalue weighted by atomic mass is 10.2. The van der Waals surface area contributed by atoms with Crippen molar-refractivity contribution in [2.24, 2.45) is 5.11 Å². The monoisotopic (exact) mass is 556 g/mol. The van der Waals surface area contributed by atoms with E-state index in [4.69, 9.17) is 30.0 Å². The fraction of sp³-hybridized carbons (Fsp3) is 0.667. The second kappa shape index (κ2) is 12.5. The molecule has 2 aromatic rings. The second-order valence-electron chi connectivity index (χ2n) is 10.2. The van der Waals surface area contributed by atoms with Gasteiger partial charge in [-0.05, 0) is 53.5 Å². The summed E-state index contributed by atoms with van der Waals surface area (Å²) in [6.07, 6.45) is -0.0196. The molecular weight excluding hydrogens is 523 g/mol. The lowest BCUT2D eigenvalue weighted by Crippen LogP contribution is -2.42. The Morgan fingerprint density at radius 2 is 1.76 bits per heavy atom. The van der Waals surface area contributed by atoms with Gasteiger partial charge < -0.3 is 29.4 Å². The molecule has 2 aromatic heterocycles. The third-order valence-corrected chi connectivity index (χ3v) is 5.55. The van der Waals surface area contributed by atoms with Gasteiger partial charge in [0.2, 0.25) is 0 Å². The maximum Gasteiger partial charge on any atom is 0.354 e. The molecule has 0 saturated heterocycles. The van der Waals surface area contributed by atoms with Crippen LogP contribution >= 0.6 is 7.60 Å². The summed E-state index contributed by atoms with van der Waals surface area (Å²) in [5.41, 5.74) is 13.4. The molecule has 0 spiro atoms. The number of rotatable bonds is 12. The summed E-state index contributed by atoms with van der Waals surface area (Å²) in [6.45, 7) is 9.30. The topological polar surface area (TPSA) is 227 Å². The van der Waals surface area contributed by atoms with Crippen LogP contribution in [0.2, 0.25) is 0 Å². The summed E-state index contributed by atoms with van der Waals surface area (Å²) < 4.78 is 35.0. The molecule has 0 aliphatic heterocycles. The van der Waals surface area contributed by atoms with Crippen molar-refractivity contribution in [2.75, 3.05) is 25.2 Å². The number of fused-ring (bicyclic) bond motifs is 1. The van der Waals surface area contributed by atoms with E-state index in [1.165, 1.54) is 12.7 Å². The molecule has 2 unspecified atom stereocenters. The first kappa shape index (κ1) is 30.9. The lowest BCUT2D eigenvalue weighted by Gasteiger charge is -2.27. The Labute approximate surface area is 219 Å². The number of hydrogen-bond acceptors (Lipinski definition) is 12. The molecule has 0 radical (unpaired) electrons. The van der Waals surface area contributed by atoms with Gasteiger partial charge in [0.1, 0.15) is 29.4 Å². The van der Waals surface area contributed by atoms with Crippen molar-refractivity contribution in [1.82, 2.24) is 19.5 Å². The number of carbonyl (C=O) groups is 2. The van der Waals surface area contributed by atoms with E-state index in [0.29, 0.717) is 11.2 Å². The van der Waals surface area contributed by atoms with E-state index in [-0.39, 0.29) is 25.4 Å². The van der Waals surface area contributed by atoms with E-state index in [1.54, 1.807) is 46.1 Å². The Balaban J connectivity index is 2.08. The molecule has 17 heteroatoms. The maximum absolute atomic E-state index is 12.7. The van der Waals surface area contributed by atoms with Crippen LogP contribution in [-0.2, 0) is 32.9 Å². The normalized spacial score (nSPS) is 14.5. The molecule has 16 nitrogen and oxygen atoms in total. The van der Waals surface area contributed by atoms with Gasteiger partial charge in [-0.2, -0.15) is 0 Å². The van der Waals surface area contributed by atoms with Gasteiger partial charge >= 0.3 is 19.5 Å².